The molecular weight excluding hydrogens is 441 g/mol. The summed E-state index contributed by atoms with van der Waals surface area (Å²) < 4.78 is 5.79. The topological polar surface area (TPSA) is 38.2 Å². The Hall–Kier alpha value is -1.85. The highest BCUT2D eigenvalue weighted by atomic mass is 35.5. The van der Waals surface area contributed by atoms with Gasteiger partial charge in [0.2, 0.25) is 0 Å². The van der Waals surface area contributed by atoms with Crippen molar-refractivity contribution in [3.05, 3.63) is 90.0 Å². The first-order valence-corrected chi connectivity index (χ1v) is 9.50. The van der Waals surface area contributed by atoms with Crippen LogP contribution in [0.15, 0.2) is 73.3 Å². The Morgan fingerprint density at radius 1 is 0.833 bits per heavy atom. The first-order chi connectivity index (χ1) is 13.3. The van der Waals surface area contributed by atoms with Gasteiger partial charge in [-0.15, -0.1) is 37.2 Å². The second-order valence-corrected chi connectivity index (χ2v) is 6.70. The molecule has 0 aliphatic rings. The van der Waals surface area contributed by atoms with Crippen LogP contribution in [0.5, 0.6) is 5.75 Å². The zero-order valence-corrected chi connectivity index (χ0v) is 19.6. The summed E-state index contributed by atoms with van der Waals surface area (Å²) in [6.45, 7) is 5.84. The lowest BCUT2D eigenvalue weighted by Crippen LogP contribution is -2.28. The molecule has 0 N–H and O–H groups in total. The normalized spacial score (nSPS) is 9.80. The number of rotatable bonds is 10. The van der Waals surface area contributed by atoms with Crippen molar-refractivity contribution < 1.29 is 4.74 Å². The molecular formula is C23H30Cl3N3O. The van der Waals surface area contributed by atoms with E-state index in [2.05, 4.69) is 52.1 Å². The summed E-state index contributed by atoms with van der Waals surface area (Å²) in [5.74, 6) is 0.832. The fourth-order valence-corrected chi connectivity index (χ4v) is 3.04. The largest absolute Gasteiger partial charge is 0.492 e. The number of halogens is 3. The Morgan fingerprint density at radius 2 is 1.57 bits per heavy atom. The van der Waals surface area contributed by atoms with Crippen molar-refractivity contribution in [2.45, 2.75) is 26.3 Å². The van der Waals surface area contributed by atoms with Gasteiger partial charge in [-0.1, -0.05) is 30.3 Å². The maximum Gasteiger partial charge on any atom is 0.137 e. The number of aryl methyl sites for hydroxylation is 1. The van der Waals surface area contributed by atoms with Crippen LogP contribution < -0.4 is 4.74 Å². The molecule has 0 saturated carbocycles. The van der Waals surface area contributed by atoms with Crippen LogP contribution >= 0.6 is 37.2 Å². The third kappa shape index (κ3) is 9.77. The predicted octanol–water partition coefficient (Wildman–Crippen LogP) is 5.56. The summed E-state index contributed by atoms with van der Waals surface area (Å²) in [5, 5.41) is 0. The fraction of sp³-hybridized carbons (Fsp3) is 0.304. The standard InChI is InChI=1S/C23H27N3O.3ClH/c1-20-7-2-3-9-22(20)19-26(15-11-21-8-4-12-24-17-21)14-6-16-27-23-10-5-13-25-18-23;;;/h2-5,7-10,12-13,17-18H,6,11,14-16,19H2,1H3;3*1H. The van der Waals surface area contributed by atoms with Gasteiger partial charge in [0, 0.05) is 38.2 Å². The molecule has 0 fully saturated rings. The minimum absolute atomic E-state index is 0. The zero-order valence-electron chi connectivity index (χ0n) is 17.1. The minimum Gasteiger partial charge on any atom is -0.492 e. The molecule has 0 spiro atoms. The van der Waals surface area contributed by atoms with Gasteiger partial charge in [-0.3, -0.25) is 14.9 Å². The van der Waals surface area contributed by atoms with Crippen molar-refractivity contribution in [3.63, 3.8) is 0 Å². The Labute approximate surface area is 198 Å². The van der Waals surface area contributed by atoms with Gasteiger partial charge in [-0.25, -0.2) is 0 Å². The van der Waals surface area contributed by atoms with E-state index in [0.717, 1.165) is 38.2 Å². The lowest BCUT2D eigenvalue weighted by atomic mass is 10.1. The molecule has 7 heteroatoms. The SMILES string of the molecule is Cc1ccccc1CN(CCCOc1cccnc1)CCc1cccnc1.Cl.Cl.Cl. The quantitative estimate of drug-likeness (QED) is 0.363. The first kappa shape index (κ1) is 28.2. The van der Waals surface area contributed by atoms with E-state index in [1.54, 1.807) is 12.4 Å². The Morgan fingerprint density at radius 3 is 2.23 bits per heavy atom. The molecule has 1 aromatic carbocycles. The molecule has 0 aliphatic heterocycles. The van der Waals surface area contributed by atoms with Crippen LogP contribution in [-0.4, -0.2) is 34.6 Å². The van der Waals surface area contributed by atoms with Gasteiger partial charge < -0.3 is 4.74 Å². The molecule has 0 saturated heterocycles. The highest BCUT2D eigenvalue weighted by Gasteiger charge is 2.08. The van der Waals surface area contributed by atoms with Gasteiger partial charge >= 0.3 is 0 Å². The summed E-state index contributed by atoms with van der Waals surface area (Å²) in [6, 6.07) is 16.6. The summed E-state index contributed by atoms with van der Waals surface area (Å²) in [6.07, 6.45) is 9.28. The monoisotopic (exact) mass is 469 g/mol. The lowest BCUT2D eigenvalue weighted by molar-refractivity contribution is 0.229. The van der Waals surface area contributed by atoms with E-state index in [9.17, 15) is 0 Å². The zero-order chi connectivity index (χ0) is 18.7. The molecule has 0 radical (unpaired) electrons. The van der Waals surface area contributed by atoms with Gasteiger partial charge in [0.15, 0.2) is 0 Å². The number of hydrogen-bond donors (Lipinski definition) is 0. The van der Waals surface area contributed by atoms with Crippen LogP contribution in [0, 0.1) is 6.92 Å². The second kappa shape index (κ2) is 15.9. The summed E-state index contributed by atoms with van der Waals surface area (Å²) >= 11 is 0. The molecule has 2 heterocycles. The van der Waals surface area contributed by atoms with Crippen molar-refractivity contribution in [2.24, 2.45) is 0 Å². The molecule has 3 rings (SSSR count). The Balaban J connectivity index is 0.00000280. The van der Waals surface area contributed by atoms with Crippen LogP contribution in [0.2, 0.25) is 0 Å². The molecule has 0 bridgehead atoms. The van der Waals surface area contributed by atoms with Gasteiger partial charge in [0.05, 0.1) is 12.8 Å². The van der Waals surface area contributed by atoms with Crippen molar-refractivity contribution in [1.29, 1.82) is 0 Å². The predicted molar refractivity (Wildman–Crippen MR) is 130 cm³/mol. The van der Waals surface area contributed by atoms with Crippen molar-refractivity contribution in [3.8, 4) is 5.75 Å². The van der Waals surface area contributed by atoms with Gasteiger partial charge in [0.25, 0.3) is 0 Å². The Bertz CT molecular complexity index is 807. The molecule has 0 unspecified atom stereocenters. The van der Waals surface area contributed by atoms with E-state index in [4.69, 9.17) is 4.74 Å². The fourth-order valence-electron chi connectivity index (χ4n) is 3.04. The summed E-state index contributed by atoms with van der Waals surface area (Å²) in [4.78, 5) is 10.8. The molecule has 3 aromatic rings. The average Bonchev–Trinajstić information content (AvgIpc) is 2.72. The number of aromatic nitrogens is 2. The summed E-state index contributed by atoms with van der Waals surface area (Å²) in [7, 11) is 0. The number of nitrogens with zero attached hydrogens (tertiary/aromatic N) is 3. The van der Waals surface area contributed by atoms with E-state index in [1.165, 1.54) is 16.7 Å². The van der Waals surface area contributed by atoms with Crippen molar-refractivity contribution in [1.82, 2.24) is 14.9 Å². The highest BCUT2D eigenvalue weighted by Crippen LogP contribution is 2.12. The van der Waals surface area contributed by atoms with Crippen molar-refractivity contribution >= 4 is 37.2 Å². The first-order valence-electron chi connectivity index (χ1n) is 9.50. The molecule has 4 nitrogen and oxygen atoms in total. The van der Waals surface area contributed by atoms with E-state index in [0.29, 0.717) is 6.61 Å². The van der Waals surface area contributed by atoms with Gasteiger partial charge in [0.1, 0.15) is 5.75 Å². The van der Waals surface area contributed by atoms with Gasteiger partial charge in [-0.2, -0.15) is 0 Å². The molecule has 164 valence electrons. The molecule has 0 amide bonds. The smallest absolute Gasteiger partial charge is 0.137 e. The molecule has 30 heavy (non-hydrogen) atoms. The number of ether oxygens (including phenoxy) is 1. The van der Waals surface area contributed by atoms with E-state index in [-0.39, 0.29) is 37.2 Å². The second-order valence-electron chi connectivity index (χ2n) is 6.70. The van der Waals surface area contributed by atoms with E-state index < -0.39 is 0 Å². The number of benzene rings is 1. The number of hydrogen-bond acceptors (Lipinski definition) is 4. The molecule has 0 aliphatic carbocycles. The maximum atomic E-state index is 5.79. The minimum atomic E-state index is 0. The average molecular weight is 471 g/mol. The third-order valence-corrected chi connectivity index (χ3v) is 4.62. The van der Waals surface area contributed by atoms with Crippen LogP contribution in [0.1, 0.15) is 23.1 Å². The van der Waals surface area contributed by atoms with Crippen LogP contribution in [-0.2, 0) is 13.0 Å². The van der Waals surface area contributed by atoms with Gasteiger partial charge in [-0.05, 0) is 54.7 Å². The molecule has 2 aromatic heterocycles. The van der Waals surface area contributed by atoms with Crippen LogP contribution in [0.3, 0.4) is 0 Å². The van der Waals surface area contributed by atoms with Crippen molar-refractivity contribution in [2.75, 3.05) is 19.7 Å². The Kier molecular flexibility index (Phi) is 14.9. The van der Waals surface area contributed by atoms with E-state index >= 15 is 0 Å². The lowest BCUT2D eigenvalue weighted by Gasteiger charge is -2.23. The highest BCUT2D eigenvalue weighted by molar-refractivity contribution is 5.86. The molecule has 0 atom stereocenters. The van der Waals surface area contributed by atoms with Crippen LogP contribution in [0.4, 0.5) is 0 Å². The maximum absolute atomic E-state index is 5.79. The third-order valence-electron chi connectivity index (χ3n) is 4.62. The van der Waals surface area contributed by atoms with Crippen LogP contribution in [0.25, 0.3) is 0 Å². The summed E-state index contributed by atoms with van der Waals surface area (Å²) in [5.41, 5.74) is 4.01. The number of pyridine rings is 2. The van der Waals surface area contributed by atoms with E-state index in [1.807, 2.05) is 30.6 Å².